The molecule has 2 aromatic rings. The standard InChI is InChI=1S/C17H18ClNO/c1-11-8-9-14(12(2)10-11)13(3)19-17(20)15-6-4-5-7-16(15)18/h4-10,13H,1-3H3,(H,19,20). The van der Waals surface area contributed by atoms with E-state index >= 15 is 0 Å². The number of benzene rings is 2. The van der Waals surface area contributed by atoms with Gasteiger partial charge in [-0.05, 0) is 44.0 Å². The van der Waals surface area contributed by atoms with Crippen LogP contribution in [0.1, 0.15) is 40.0 Å². The number of hydrogen-bond acceptors (Lipinski definition) is 1. The van der Waals surface area contributed by atoms with Gasteiger partial charge < -0.3 is 5.32 Å². The number of carbonyl (C=O) groups excluding carboxylic acids is 1. The Morgan fingerprint density at radius 1 is 1.15 bits per heavy atom. The van der Waals surface area contributed by atoms with E-state index in [0.717, 1.165) is 5.56 Å². The summed E-state index contributed by atoms with van der Waals surface area (Å²) in [6.45, 7) is 6.09. The Labute approximate surface area is 124 Å². The minimum Gasteiger partial charge on any atom is -0.345 e. The van der Waals surface area contributed by atoms with Gasteiger partial charge in [-0.25, -0.2) is 0 Å². The van der Waals surface area contributed by atoms with Crippen LogP contribution in [0.2, 0.25) is 5.02 Å². The molecule has 2 nitrogen and oxygen atoms in total. The zero-order valence-corrected chi connectivity index (χ0v) is 12.7. The molecule has 1 amide bonds. The third-order valence-electron chi connectivity index (χ3n) is 3.36. The summed E-state index contributed by atoms with van der Waals surface area (Å²) in [7, 11) is 0. The van der Waals surface area contributed by atoms with Crippen LogP contribution in [0.15, 0.2) is 42.5 Å². The van der Waals surface area contributed by atoms with E-state index in [2.05, 4.69) is 37.4 Å². The largest absolute Gasteiger partial charge is 0.345 e. The van der Waals surface area contributed by atoms with E-state index in [0.29, 0.717) is 10.6 Å². The van der Waals surface area contributed by atoms with Crippen molar-refractivity contribution in [3.05, 3.63) is 69.7 Å². The van der Waals surface area contributed by atoms with Gasteiger partial charge in [-0.15, -0.1) is 0 Å². The van der Waals surface area contributed by atoms with Crippen LogP contribution in [-0.2, 0) is 0 Å². The first-order chi connectivity index (χ1) is 9.49. The van der Waals surface area contributed by atoms with E-state index in [4.69, 9.17) is 11.6 Å². The molecule has 0 spiro atoms. The summed E-state index contributed by atoms with van der Waals surface area (Å²) in [6, 6.07) is 13.2. The summed E-state index contributed by atoms with van der Waals surface area (Å²) in [5.74, 6) is -0.150. The van der Waals surface area contributed by atoms with Gasteiger partial charge in [-0.2, -0.15) is 0 Å². The van der Waals surface area contributed by atoms with Gasteiger partial charge in [0.1, 0.15) is 0 Å². The van der Waals surface area contributed by atoms with Crippen LogP contribution in [0, 0.1) is 13.8 Å². The van der Waals surface area contributed by atoms with Crippen LogP contribution >= 0.6 is 11.6 Å². The quantitative estimate of drug-likeness (QED) is 0.888. The predicted octanol–water partition coefficient (Wildman–Crippen LogP) is 4.45. The maximum atomic E-state index is 12.2. The van der Waals surface area contributed by atoms with Crippen molar-refractivity contribution in [2.75, 3.05) is 0 Å². The second-order valence-electron chi connectivity index (χ2n) is 5.04. The first kappa shape index (κ1) is 14.6. The number of amides is 1. The van der Waals surface area contributed by atoms with Crippen LogP contribution in [0.4, 0.5) is 0 Å². The number of rotatable bonds is 3. The minimum absolute atomic E-state index is 0.0561. The molecule has 3 heteroatoms. The molecule has 0 heterocycles. The number of aryl methyl sites for hydroxylation is 2. The smallest absolute Gasteiger partial charge is 0.253 e. The molecule has 0 saturated carbocycles. The number of halogens is 1. The second-order valence-corrected chi connectivity index (χ2v) is 5.44. The summed E-state index contributed by atoms with van der Waals surface area (Å²) >= 11 is 6.04. The highest BCUT2D eigenvalue weighted by molar-refractivity contribution is 6.33. The van der Waals surface area contributed by atoms with Gasteiger partial charge in [0.15, 0.2) is 0 Å². The summed E-state index contributed by atoms with van der Waals surface area (Å²) in [4.78, 5) is 12.2. The Morgan fingerprint density at radius 2 is 1.85 bits per heavy atom. The van der Waals surface area contributed by atoms with Gasteiger partial charge in [0.25, 0.3) is 5.91 Å². The molecule has 0 aliphatic carbocycles. The summed E-state index contributed by atoms with van der Waals surface area (Å²) in [5.41, 5.74) is 4.02. The third kappa shape index (κ3) is 3.20. The van der Waals surface area contributed by atoms with Gasteiger partial charge in [-0.3, -0.25) is 4.79 Å². The second kappa shape index (κ2) is 6.10. The first-order valence-corrected chi connectivity index (χ1v) is 6.99. The van der Waals surface area contributed by atoms with Gasteiger partial charge in [0.05, 0.1) is 16.6 Å². The molecule has 0 saturated heterocycles. The third-order valence-corrected chi connectivity index (χ3v) is 3.69. The lowest BCUT2D eigenvalue weighted by Crippen LogP contribution is -2.27. The molecule has 0 aromatic heterocycles. The van der Waals surface area contributed by atoms with Crippen LogP contribution in [-0.4, -0.2) is 5.91 Å². The van der Waals surface area contributed by atoms with Crippen molar-refractivity contribution in [1.82, 2.24) is 5.32 Å². The van der Waals surface area contributed by atoms with Crippen LogP contribution < -0.4 is 5.32 Å². The Balaban J connectivity index is 2.17. The molecule has 0 bridgehead atoms. The van der Waals surface area contributed by atoms with E-state index in [1.165, 1.54) is 11.1 Å². The van der Waals surface area contributed by atoms with Crippen molar-refractivity contribution < 1.29 is 4.79 Å². The maximum absolute atomic E-state index is 12.2. The maximum Gasteiger partial charge on any atom is 0.253 e. The molecule has 1 atom stereocenters. The van der Waals surface area contributed by atoms with E-state index < -0.39 is 0 Å². The van der Waals surface area contributed by atoms with Gasteiger partial charge in [-0.1, -0.05) is 47.5 Å². The zero-order chi connectivity index (χ0) is 14.7. The molecule has 1 unspecified atom stereocenters. The Kier molecular flexibility index (Phi) is 4.46. The SMILES string of the molecule is Cc1ccc(C(C)NC(=O)c2ccccc2Cl)c(C)c1. The molecule has 0 radical (unpaired) electrons. The topological polar surface area (TPSA) is 29.1 Å². The lowest BCUT2D eigenvalue weighted by Gasteiger charge is -2.17. The fraction of sp³-hybridized carbons (Fsp3) is 0.235. The van der Waals surface area contributed by atoms with E-state index in [1.54, 1.807) is 12.1 Å². The fourth-order valence-corrected chi connectivity index (χ4v) is 2.53. The zero-order valence-electron chi connectivity index (χ0n) is 11.9. The number of hydrogen-bond donors (Lipinski definition) is 1. The molecular formula is C17H18ClNO. The molecule has 1 N–H and O–H groups in total. The Bertz CT molecular complexity index is 637. The number of carbonyl (C=O) groups is 1. The normalized spacial score (nSPS) is 12.0. The molecule has 0 fully saturated rings. The van der Waals surface area contributed by atoms with Crippen molar-refractivity contribution in [3.8, 4) is 0 Å². The number of nitrogens with one attached hydrogen (secondary N) is 1. The molecule has 2 rings (SSSR count). The lowest BCUT2D eigenvalue weighted by atomic mass is 10.00. The summed E-state index contributed by atoms with van der Waals surface area (Å²) in [6.07, 6.45) is 0. The van der Waals surface area contributed by atoms with Gasteiger partial charge in [0.2, 0.25) is 0 Å². The molecule has 20 heavy (non-hydrogen) atoms. The Morgan fingerprint density at radius 3 is 2.50 bits per heavy atom. The fourth-order valence-electron chi connectivity index (χ4n) is 2.31. The highest BCUT2D eigenvalue weighted by atomic mass is 35.5. The van der Waals surface area contributed by atoms with E-state index in [1.807, 2.05) is 19.1 Å². The summed E-state index contributed by atoms with van der Waals surface area (Å²) < 4.78 is 0. The average Bonchev–Trinajstić information content (AvgIpc) is 2.38. The molecule has 0 aliphatic heterocycles. The van der Waals surface area contributed by atoms with Crippen LogP contribution in [0.5, 0.6) is 0 Å². The van der Waals surface area contributed by atoms with Crippen molar-refractivity contribution in [2.24, 2.45) is 0 Å². The molecule has 2 aromatic carbocycles. The van der Waals surface area contributed by atoms with Crippen molar-refractivity contribution in [1.29, 1.82) is 0 Å². The average molecular weight is 288 g/mol. The van der Waals surface area contributed by atoms with Crippen LogP contribution in [0.3, 0.4) is 0 Å². The van der Waals surface area contributed by atoms with Gasteiger partial charge >= 0.3 is 0 Å². The molecular weight excluding hydrogens is 270 g/mol. The van der Waals surface area contributed by atoms with E-state index in [9.17, 15) is 4.79 Å². The monoisotopic (exact) mass is 287 g/mol. The minimum atomic E-state index is -0.150. The van der Waals surface area contributed by atoms with Crippen molar-refractivity contribution in [3.63, 3.8) is 0 Å². The summed E-state index contributed by atoms with van der Waals surface area (Å²) in [5, 5.41) is 3.46. The highest BCUT2D eigenvalue weighted by Crippen LogP contribution is 2.20. The highest BCUT2D eigenvalue weighted by Gasteiger charge is 2.15. The molecule has 0 aliphatic rings. The lowest BCUT2D eigenvalue weighted by molar-refractivity contribution is 0.0940. The molecule has 104 valence electrons. The first-order valence-electron chi connectivity index (χ1n) is 6.61. The van der Waals surface area contributed by atoms with E-state index in [-0.39, 0.29) is 11.9 Å². The van der Waals surface area contributed by atoms with Crippen LogP contribution in [0.25, 0.3) is 0 Å². The predicted molar refractivity (Wildman–Crippen MR) is 83.2 cm³/mol. The van der Waals surface area contributed by atoms with Crippen molar-refractivity contribution >= 4 is 17.5 Å². The van der Waals surface area contributed by atoms with Gasteiger partial charge in [0, 0.05) is 0 Å². The van der Waals surface area contributed by atoms with Crippen molar-refractivity contribution in [2.45, 2.75) is 26.8 Å². The Hall–Kier alpha value is -1.80.